The van der Waals surface area contributed by atoms with E-state index in [-0.39, 0.29) is 11.2 Å². The Morgan fingerprint density at radius 2 is 2.29 bits per heavy atom. The van der Waals surface area contributed by atoms with Gasteiger partial charge in [-0.15, -0.1) is 0 Å². The maximum absolute atomic E-state index is 11.7. The molecule has 1 rings (SSSR count). The van der Waals surface area contributed by atoms with Crippen LogP contribution in [0.3, 0.4) is 0 Å². The quantitative estimate of drug-likeness (QED) is 0.587. The van der Waals surface area contributed by atoms with E-state index >= 15 is 0 Å². The maximum Gasteiger partial charge on any atom is 0.319 e. The van der Waals surface area contributed by atoms with Crippen molar-refractivity contribution in [2.24, 2.45) is 0 Å². The smallest absolute Gasteiger partial charge is 0.319 e. The number of nitrogens with zero attached hydrogens (tertiary/aromatic N) is 1. The molecule has 0 aliphatic carbocycles. The van der Waals surface area contributed by atoms with Crippen LogP contribution in [0, 0.1) is 0 Å². The summed E-state index contributed by atoms with van der Waals surface area (Å²) in [6.07, 6.45) is 3.30. The molecular formula is C12H16ClNO2S. The van der Waals surface area contributed by atoms with Crippen molar-refractivity contribution in [2.75, 3.05) is 6.61 Å². The first-order chi connectivity index (χ1) is 8.17. The van der Waals surface area contributed by atoms with Crippen molar-refractivity contribution < 1.29 is 9.53 Å². The van der Waals surface area contributed by atoms with Crippen LogP contribution in [0.5, 0.6) is 0 Å². The first-order valence-corrected chi connectivity index (χ1v) is 6.88. The van der Waals surface area contributed by atoms with Crippen LogP contribution in [0.4, 0.5) is 0 Å². The third-order valence-corrected chi connectivity index (χ3v) is 3.48. The second-order valence-corrected chi connectivity index (χ2v) is 5.12. The van der Waals surface area contributed by atoms with E-state index in [1.807, 2.05) is 19.9 Å². The van der Waals surface area contributed by atoms with Gasteiger partial charge in [0.15, 0.2) is 0 Å². The number of halogens is 1. The van der Waals surface area contributed by atoms with Gasteiger partial charge in [-0.1, -0.05) is 36.7 Å². The zero-order chi connectivity index (χ0) is 12.7. The summed E-state index contributed by atoms with van der Waals surface area (Å²) in [4.78, 5) is 15.9. The Hall–Kier alpha value is -0.740. The standard InChI is InChI=1S/C12H16ClNO2S/c1-3-5-10(12(15)16-4-2)17-11-7-6-9(13)8-14-11/h6-8,10H,3-5H2,1-2H3. The maximum atomic E-state index is 11.7. The highest BCUT2D eigenvalue weighted by atomic mass is 35.5. The molecule has 1 atom stereocenters. The second-order valence-electron chi connectivity index (χ2n) is 3.46. The summed E-state index contributed by atoms with van der Waals surface area (Å²) in [5, 5.41) is 1.20. The fourth-order valence-electron chi connectivity index (χ4n) is 1.30. The third-order valence-electron chi connectivity index (χ3n) is 2.06. The Kier molecular flexibility index (Phi) is 6.37. The van der Waals surface area contributed by atoms with Crippen molar-refractivity contribution in [3.05, 3.63) is 23.4 Å². The molecule has 1 unspecified atom stereocenters. The van der Waals surface area contributed by atoms with Gasteiger partial charge in [-0.25, -0.2) is 4.98 Å². The normalized spacial score (nSPS) is 12.2. The van der Waals surface area contributed by atoms with Gasteiger partial charge in [0, 0.05) is 6.20 Å². The number of carbonyl (C=O) groups is 1. The first-order valence-electron chi connectivity index (χ1n) is 5.62. The van der Waals surface area contributed by atoms with Gasteiger partial charge in [-0.2, -0.15) is 0 Å². The minimum Gasteiger partial charge on any atom is -0.465 e. The fourth-order valence-corrected chi connectivity index (χ4v) is 2.48. The molecule has 0 aliphatic rings. The monoisotopic (exact) mass is 273 g/mol. The van der Waals surface area contributed by atoms with Gasteiger partial charge in [0.25, 0.3) is 0 Å². The van der Waals surface area contributed by atoms with Crippen LogP contribution in [-0.4, -0.2) is 22.8 Å². The molecule has 0 bridgehead atoms. The minimum atomic E-state index is -0.186. The minimum absolute atomic E-state index is 0.170. The predicted octanol–water partition coefficient (Wildman–Crippen LogP) is 3.56. The average Bonchev–Trinajstić information content (AvgIpc) is 2.31. The molecule has 0 fully saturated rings. The molecule has 0 aromatic carbocycles. The van der Waals surface area contributed by atoms with Gasteiger partial charge in [-0.05, 0) is 25.5 Å². The number of hydrogen-bond acceptors (Lipinski definition) is 4. The summed E-state index contributed by atoms with van der Waals surface area (Å²) >= 11 is 7.18. The van der Waals surface area contributed by atoms with Crippen LogP contribution >= 0.6 is 23.4 Å². The van der Waals surface area contributed by atoms with Crippen molar-refractivity contribution in [1.29, 1.82) is 0 Å². The zero-order valence-corrected chi connectivity index (χ0v) is 11.6. The van der Waals surface area contributed by atoms with Crippen molar-refractivity contribution in [1.82, 2.24) is 4.98 Å². The van der Waals surface area contributed by atoms with Crippen LogP contribution in [-0.2, 0) is 9.53 Å². The number of carbonyl (C=O) groups excluding carboxylic acids is 1. The molecule has 0 aliphatic heterocycles. The van der Waals surface area contributed by atoms with E-state index in [9.17, 15) is 4.79 Å². The molecule has 94 valence electrons. The summed E-state index contributed by atoms with van der Waals surface area (Å²) in [6, 6.07) is 3.58. The predicted molar refractivity (Wildman–Crippen MR) is 70.4 cm³/mol. The molecule has 0 saturated carbocycles. The number of thioether (sulfide) groups is 1. The Labute approximate surface area is 111 Å². The van der Waals surface area contributed by atoms with Crippen LogP contribution < -0.4 is 0 Å². The largest absolute Gasteiger partial charge is 0.465 e. The highest BCUT2D eigenvalue weighted by Gasteiger charge is 2.20. The molecular weight excluding hydrogens is 258 g/mol. The Balaban J connectivity index is 2.65. The molecule has 1 heterocycles. The van der Waals surface area contributed by atoms with E-state index in [0.717, 1.165) is 17.9 Å². The van der Waals surface area contributed by atoms with E-state index in [1.165, 1.54) is 11.8 Å². The number of rotatable bonds is 6. The Morgan fingerprint density at radius 3 is 2.82 bits per heavy atom. The number of pyridine rings is 1. The highest BCUT2D eigenvalue weighted by molar-refractivity contribution is 8.00. The van der Waals surface area contributed by atoms with E-state index in [2.05, 4.69) is 4.98 Å². The zero-order valence-electron chi connectivity index (χ0n) is 9.98. The van der Waals surface area contributed by atoms with Gasteiger partial charge < -0.3 is 4.74 Å². The lowest BCUT2D eigenvalue weighted by Crippen LogP contribution is -2.20. The number of hydrogen-bond donors (Lipinski definition) is 0. The third kappa shape index (κ3) is 4.96. The Bertz CT molecular complexity index is 356. The van der Waals surface area contributed by atoms with E-state index in [0.29, 0.717) is 11.6 Å². The average molecular weight is 274 g/mol. The van der Waals surface area contributed by atoms with Crippen LogP contribution in [0.25, 0.3) is 0 Å². The molecule has 0 N–H and O–H groups in total. The summed E-state index contributed by atoms with van der Waals surface area (Å²) in [6.45, 7) is 4.27. The number of esters is 1. The van der Waals surface area contributed by atoms with Gasteiger partial charge in [0.05, 0.1) is 16.7 Å². The summed E-state index contributed by atoms with van der Waals surface area (Å²) in [7, 11) is 0. The first kappa shape index (κ1) is 14.3. The topological polar surface area (TPSA) is 39.2 Å². The second kappa shape index (κ2) is 7.56. The van der Waals surface area contributed by atoms with Crippen molar-refractivity contribution in [3.8, 4) is 0 Å². The van der Waals surface area contributed by atoms with Crippen molar-refractivity contribution >= 4 is 29.3 Å². The highest BCUT2D eigenvalue weighted by Crippen LogP contribution is 2.26. The summed E-state index contributed by atoms with van der Waals surface area (Å²) < 4.78 is 5.04. The summed E-state index contributed by atoms with van der Waals surface area (Å²) in [5.74, 6) is -0.170. The van der Waals surface area contributed by atoms with Gasteiger partial charge >= 0.3 is 5.97 Å². The van der Waals surface area contributed by atoms with Crippen LogP contribution in [0.1, 0.15) is 26.7 Å². The Morgan fingerprint density at radius 1 is 1.53 bits per heavy atom. The molecule has 3 nitrogen and oxygen atoms in total. The SMILES string of the molecule is CCCC(Sc1ccc(Cl)cn1)C(=O)OCC. The molecule has 0 radical (unpaired) electrons. The fraction of sp³-hybridized carbons (Fsp3) is 0.500. The molecule has 5 heteroatoms. The van der Waals surface area contributed by atoms with Gasteiger partial charge in [-0.3, -0.25) is 4.79 Å². The molecule has 0 spiro atoms. The molecule has 0 saturated heterocycles. The lowest BCUT2D eigenvalue weighted by atomic mass is 10.2. The lowest BCUT2D eigenvalue weighted by Gasteiger charge is -2.13. The molecule has 0 amide bonds. The molecule has 17 heavy (non-hydrogen) atoms. The number of ether oxygens (including phenoxy) is 1. The molecule has 1 aromatic rings. The lowest BCUT2D eigenvalue weighted by molar-refractivity contribution is -0.142. The summed E-state index contributed by atoms with van der Waals surface area (Å²) in [5.41, 5.74) is 0. The van der Waals surface area contributed by atoms with E-state index in [4.69, 9.17) is 16.3 Å². The van der Waals surface area contributed by atoms with Crippen LogP contribution in [0.2, 0.25) is 5.02 Å². The van der Waals surface area contributed by atoms with Crippen LogP contribution in [0.15, 0.2) is 23.4 Å². The van der Waals surface area contributed by atoms with E-state index in [1.54, 1.807) is 12.3 Å². The number of aromatic nitrogens is 1. The van der Waals surface area contributed by atoms with Crippen molar-refractivity contribution in [2.45, 2.75) is 37.0 Å². The van der Waals surface area contributed by atoms with Gasteiger partial charge in [0.1, 0.15) is 5.25 Å². The van der Waals surface area contributed by atoms with Gasteiger partial charge in [0.2, 0.25) is 0 Å². The van der Waals surface area contributed by atoms with Crippen molar-refractivity contribution in [3.63, 3.8) is 0 Å². The van der Waals surface area contributed by atoms with E-state index < -0.39 is 0 Å². The molecule has 1 aromatic heterocycles.